The van der Waals surface area contributed by atoms with E-state index in [4.69, 9.17) is 9.84 Å². The summed E-state index contributed by atoms with van der Waals surface area (Å²) in [6.45, 7) is 13.9. The minimum absolute atomic E-state index is 0.252. The Morgan fingerprint density at radius 3 is 1.97 bits per heavy atom. The highest BCUT2D eigenvalue weighted by Crippen LogP contribution is 2.40. The third-order valence-electron chi connectivity index (χ3n) is 5.40. The molecule has 0 aliphatic carbocycles. The molecule has 5 nitrogen and oxygen atoms in total. The second-order valence-corrected chi connectivity index (χ2v) is 10.0. The maximum absolute atomic E-state index is 14.3. The fourth-order valence-electron chi connectivity index (χ4n) is 3.65. The average Bonchev–Trinajstić information content (AvgIpc) is 2.58. The summed E-state index contributed by atoms with van der Waals surface area (Å²) in [5.41, 5.74) is 1.20. The predicted molar refractivity (Wildman–Crippen MR) is 111 cm³/mol. The van der Waals surface area contributed by atoms with Gasteiger partial charge in [0.05, 0.1) is 6.61 Å². The normalized spacial score (nSPS) is 16.0. The molecule has 0 spiro atoms. The molecule has 0 atom stereocenters. The standard InChI is InChI=1S/C23H34FNO4/c1-22(2,3)17-11-16(24)12-18(23(4,5)6)21(17)29-14-15-7-9-25(10-8-15)19(26)13-20(27)28/h11-12,15H,7-10,13-14H2,1-6H3,(H,27,28). The highest BCUT2D eigenvalue weighted by Gasteiger charge is 2.30. The van der Waals surface area contributed by atoms with Crippen molar-refractivity contribution in [2.45, 2.75) is 71.6 Å². The molecule has 1 aromatic rings. The van der Waals surface area contributed by atoms with Gasteiger partial charge in [-0.1, -0.05) is 41.5 Å². The van der Waals surface area contributed by atoms with Crippen molar-refractivity contribution >= 4 is 11.9 Å². The molecule has 1 heterocycles. The van der Waals surface area contributed by atoms with Crippen molar-refractivity contribution in [1.82, 2.24) is 4.90 Å². The van der Waals surface area contributed by atoms with E-state index in [0.29, 0.717) is 19.7 Å². The van der Waals surface area contributed by atoms with Gasteiger partial charge in [-0.25, -0.2) is 4.39 Å². The zero-order valence-corrected chi connectivity index (χ0v) is 18.5. The molecule has 1 amide bonds. The van der Waals surface area contributed by atoms with Crippen LogP contribution in [0.25, 0.3) is 0 Å². The van der Waals surface area contributed by atoms with E-state index in [1.807, 2.05) is 41.5 Å². The van der Waals surface area contributed by atoms with E-state index in [9.17, 15) is 14.0 Å². The Morgan fingerprint density at radius 2 is 1.55 bits per heavy atom. The van der Waals surface area contributed by atoms with Crippen molar-refractivity contribution < 1.29 is 23.8 Å². The van der Waals surface area contributed by atoms with Gasteiger partial charge in [0.25, 0.3) is 0 Å². The Morgan fingerprint density at radius 1 is 1.07 bits per heavy atom. The highest BCUT2D eigenvalue weighted by atomic mass is 19.1. The monoisotopic (exact) mass is 407 g/mol. The molecule has 0 aromatic heterocycles. The minimum Gasteiger partial charge on any atom is -0.493 e. The summed E-state index contributed by atoms with van der Waals surface area (Å²) in [7, 11) is 0. The van der Waals surface area contributed by atoms with Gasteiger partial charge in [0.1, 0.15) is 18.0 Å². The first-order valence-electron chi connectivity index (χ1n) is 10.3. The molecule has 1 aliphatic heterocycles. The van der Waals surface area contributed by atoms with Gasteiger partial charge in [-0.3, -0.25) is 9.59 Å². The van der Waals surface area contributed by atoms with E-state index < -0.39 is 12.4 Å². The predicted octanol–water partition coefficient (Wildman–Crippen LogP) is 4.51. The van der Waals surface area contributed by atoms with E-state index in [2.05, 4.69) is 0 Å². The molecular weight excluding hydrogens is 373 g/mol. The Hall–Kier alpha value is -2.11. The maximum atomic E-state index is 14.3. The van der Waals surface area contributed by atoms with Gasteiger partial charge in [0, 0.05) is 24.2 Å². The van der Waals surface area contributed by atoms with Crippen LogP contribution in [0.3, 0.4) is 0 Å². The summed E-state index contributed by atoms with van der Waals surface area (Å²) in [5.74, 6) is -0.649. The van der Waals surface area contributed by atoms with Crippen LogP contribution in [-0.4, -0.2) is 41.6 Å². The maximum Gasteiger partial charge on any atom is 0.312 e. The SMILES string of the molecule is CC(C)(C)c1cc(F)cc(C(C)(C)C)c1OCC1CCN(C(=O)CC(=O)O)CC1. The summed E-state index contributed by atoms with van der Waals surface area (Å²) in [4.78, 5) is 24.3. The number of carboxylic acid groups (broad SMARTS) is 1. The fraction of sp³-hybridized carbons (Fsp3) is 0.652. The molecule has 1 N–H and O–H groups in total. The molecule has 0 unspecified atom stereocenters. The molecule has 2 rings (SSSR count). The first-order valence-corrected chi connectivity index (χ1v) is 10.3. The van der Waals surface area contributed by atoms with Gasteiger partial charge in [0.2, 0.25) is 5.91 Å². The number of benzene rings is 1. The number of amides is 1. The van der Waals surface area contributed by atoms with Crippen LogP contribution >= 0.6 is 0 Å². The summed E-state index contributed by atoms with van der Waals surface area (Å²) in [6.07, 6.45) is 1.07. The quantitative estimate of drug-likeness (QED) is 0.729. The molecule has 29 heavy (non-hydrogen) atoms. The number of piperidine rings is 1. The summed E-state index contributed by atoms with van der Waals surface area (Å²) in [6, 6.07) is 3.13. The minimum atomic E-state index is -1.10. The first kappa shape index (κ1) is 23.2. The smallest absolute Gasteiger partial charge is 0.312 e. The van der Waals surface area contributed by atoms with Gasteiger partial charge < -0.3 is 14.7 Å². The fourth-order valence-corrected chi connectivity index (χ4v) is 3.65. The first-order chi connectivity index (χ1) is 13.3. The lowest BCUT2D eigenvalue weighted by Crippen LogP contribution is -2.40. The van der Waals surface area contributed by atoms with Crippen LogP contribution in [0.15, 0.2) is 12.1 Å². The molecule has 1 saturated heterocycles. The Labute approximate surface area is 173 Å². The van der Waals surface area contributed by atoms with Gasteiger partial charge in [-0.2, -0.15) is 0 Å². The van der Waals surface area contributed by atoms with Crippen molar-refractivity contribution in [3.8, 4) is 5.75 Å². The number of carbonyl (C=O) groups is 2. The van der Waals surface area contributed by atoms with Gasteiger partial charge in [-0.15, -0.1) is 0 Å². The lowest BCUT2D eigenvalue weighted by Gasteiger charge is -2.33. The molecule has 0 saturated carbocycles. The number of ether oxygens (including phenoxy) is 1. The molecule has 1 fully saturated rings. The van der Waals surface area contributed by atoms with Crippen LogP contribution in [0.4, 0.5) is 4.39 Å². The van der Waals surface area contributed by atoms with E-state index in [-0.39, 0.29) is 28.5 Å². The summed E-state index contributed by atoms with van der Waals surface area (Å²) >= 11 is 0. The van der Waals surface area contributed by atoms with E-state index in [0.717, 1.165) is 29.7 Å². The number of nitrogens with zero attached hydrogens (tertiary/aromatic N) is 1. The third-order valence-corrected chi connectivity index (χ3v) is 5.40. The largest absolute Gasteiger partial charge is 0.493 e. The molecule has 6 heteroatoms. The Kier molecular flexibility index (Phi) is 6.97. The van der Waals surface area contributed by atoms with Crippen LogP contribution in [0.2, 0.25) is 0 Å². The number of hydrogen-bond donors (Lipinski definition) is 1. The van der Waals surface area contributed by atoms with Crippen LogP contribution in [0.5, 0.6) is 5.75 Å². The number of likely N-dealkylation sites (tertiary alicyclic amines) is 1. The van der Waals surface area contributed by atoms with E-state index in [1.54, 1.807) is 17.0 Å². The van der Waals surface area contributed by atoms with Crippen LogP contribution < -0.4 is 4.74 Å². The van der Waals surface area contributed by atoms with Crippen LogP contribution in [-0.2, 0) is 20.4 Å². The number of halogens is 1. The van der Waals surface area contributed by atoms with Crippen molar-refractivity contribution in [2.24, 2.45) is 5.92 Å². The molecule has 1 aliphatic rings. The Balaban J connectivity index is 2.13. The van der Waals surface area contributed by atoms with Crippen molar-refractivity contribution in [1.29, 1.82) is 0 Å². The third kappa shape index (κ3) is 6.18. The molecular formula is C23H34FNO4. The zero-order chi connectivity index (χ0) is 22.0. The molecule has 162 valence electrons. The molecule has 0 radical (unpaired) electrons. The average molecular weight is 408 g/mol. The van der Waals surface area contributed by atoms with Crippen molar-refractivity contribution in [3.05, 3.63) is 29.1 Å². The molecule has 0 bridgehead atoms. The Bertz CT molecular complexity index is 718. The lowest BCUT2D eigenvalue weighted by molar-refractivity contribution is -0.144. The summed E-state index contributed by atoms with van der Waals surface area (Å²) in [5, 5.41) is 8.79. The van der Waals surface area contributed by atoms with Crippen molar-refractivity contribution in [3.63, 3.8) is 0 Å². The number of hydrogen-bond acceptors (Lipinski definition) is 3. The van der Waals surface area contributed by atoms with Crippen molar-refractivity contribution in [2.75, 3.05) is 19.7 Å². The van der Waals surface area contributed by atoms with E-state index >= 15 is 0 Å². The topological polar surface area (TPSA) is 66.8 Å². The lowest BCUT2D eigenvalue weighted by atomic mass is 9.79. The van der Waals surface area contributed by atoms with Gasteiger partial charge in [-0.05, 0) is 41.7 Å². The van der Waals surface area contributed by atoms with Gasteiger partial charge >= 0.3 is 5.97 Å². The molecule has 1 aromatic carbocycles. The number of aliphatic carboxylic acids is 1. The zero-order valence-electron chi connectivity index (χ0n) is 18.5. The second-order valence-electron chi connectivity index (χ2n) is 10.0. The highest BCUT2D eigenvalue weighted by molar-refractivity contribution is 5.93. The van der Waals surface area contributed by atoms with Gasteiger partial charge in [0.15, 0.2) is 0 Å². The van der Waals surface area contributed by atoms with E-state index in [1.165, 1.54) is 0 Å². The van der Waals surface area contributed by atoms with Crippen LogP contribution in [0, 0.1) is 11.7 Å². The second kappa shape index (κ2) is 8.72. The summed E-state index contributed by atoms with van der Waals surface area (Å²) < 4.78 is 20.6. The number of rotatable bonds is 5. The van der Waals surface area contributed by atoms with Crippen LogP contribution in [0.1, 0.15) is 71.9 Å². The number of carboxylic acids is 1. The number of carbonyl (C=O) groups excluding carboxylic acids is 1.